The SMILES string of the molecule is c1ccc(-c2ccccc2N(c2ccccc2)c2cc3c4cc5ccccc5cc4oc3c3ccccc23)cc1. The molecule has 0 atom stereocenters. The minimum Gasteiger partial charge on any atom is -0.455 e. The number of hydrogen-bond donors (Lipinski definition) is 0. The van der Waals surface area contributed by atoms with Crippen LogP contribution in [-0.2, 0) is 0 Å². The van der Waals surface area contributed by atoms with E-state index in [1.165, 1.54) is 21.9 Å². The highest BCUT2D eigenvalue weighted by atomic mass is 16.3. The van der Waals surface area contributed by atoms with Gasteiger partial charge in [0.2, 0.25) is 0 Å². The molecule has 40 heavy (non-hydrogen) atoms. The Morgan fingerprint density at radius 2 is 1.05 bits per heavy atom. The van der Waals surface area contributed by atoms with Crippen LogP contribution in [0.2, 0.25) is 0 Å². The maximum Gasteiger partial charge on any atom is 0.143 e. The van der Waals surface area contributed by atoms with Gasteiger partial charge < -0.3 is 9.32 Å². The van der Waals surface area contributed by atoms with E-state index in [1.807, 2.05) is 0 Å². The van der Waals surface area contributed by atoms with E-state index < -0.39 is 0 Å². The second-order valence-electron chi connectivity index (χ2n) is 10.2. The molecule has 1 aromatic heterocycles. The third kappa shape index (κ3) is 3.58. The zero-order valence-corrected chi connectivity index (χ0v) is 21.8. The van der Waals surface area contributed by atoms with Crippen LogP contribution in [0.4, 0.5) is 17.1 Å². The molecular weight excluding hydrogens is 486 g/mol. The molecule has 0 saturated heterocycles. The summed E-state index contributed by atoms with van der Waals surface area (Å²) >= 11 is 0. The van der Waals surface area contributed by atoms with Gasteiger partial charge in [-0.05, 0) is 52.7 Å². The summed E-state index contributed by atoms with van der Waals surface area (Å²) in [7, 11) is 0. The van der Waals surface area contributed by atoms with Crippen LogP contribution >= 0.6 is 0 Å². The molecular formula is C38H25NO. The van der Waals surface area contributed by atoms with Crippen molar-refractivity contribution in [1.29, 1.82) is 0 Å². The first kappa shape index (κ1) is 22.6. The summed E-state index contributed by atoms with van der Waals surface area (Å²) < 4.78 is 6.59. The number of rotatable bonds is 4. The summed E-state index contributed by atoms with van der Waals surface area (Å²) in [5, 5.41) is 6.89. The standard InChI is InChI=1S/C38H25NO/c1-3-13-26(14-4-1)30-19-11-12-22-35(30)39(29-17-5-2-6-18-29)36-25-34-33-23-27-15-7-8-16-28(27)24-37(33)40-38(34)32-21-10-9-20-31(32)36/h1-25H. The van der Waals surface area contributed by atoms with E-state index in [9.17, 15) is 0 Å². The van der Waals surface area contributed by atoms with Crippen molar-refractivity contribution in [2.45, 2.75) is 0 Å². The fourth-order valence-electron chi connectivity index (χ4n) is 5.96. The van der Waals surface area contributed by atoms with Gasteiger partial charge in [-0.2, -0.15) is 0 Å². The third-order valence-electron chi connectivity index (χ3n) is 7.81. The topological polar surface area (TPSA) is 16.4 Å². The maximum atomic E-state index is 6.59. The molecule has 0 bridgehead atoms. The molecule has 2 nitrogen and oxygen atoms in total. The maximum absolute atomic E-state index is 6.59. The van der Waals surface area contributed by atoms with Crippen molar-refractivity contribution in [2.24, 2.45) is 0 Å². The molecule has 0 unspecified atom stereocenters. The number of furan rings is 1. The van der Waals surface area contributed by atoms with Crippen LogP contribution in [0, 0.1) is 0 Å². The van der Waals surface area contributed by atoms with Gasteiger partial charge in [0, 0.05) is 32.8 Å². The summed E-state index contributed by atoms with van der Waals surface area (Å²) in [5.41, 5.74) is 7.55. The number of fused-ring (bicyclic) bond motifs is 6. The lowest BCUT2D eigenvalue weighted by Gasteiger charge is -2.29. The largest absolute Gasteiger partial charge is 0.455 e. The summed E-state index contributed by atoms with van der Waals surface area (Å²) in [6.45, 7) is 0. The lowest BCUT2D eigenvalue weighted by molar-refractivity contribution is 0.673. The monoisotopic (exact) mass is 511 g/mol. The molecule has 0 amide bonds. The molecule has 0 N–H and O–H groups in total. The van der Waals surface area contributed by atoms with E-state index in [4.69, 9.17) is 4.42 Å². The Hall–Kier alpha value is -5.34. The predicted octanol–water partition coefficient (Wildman–Crippen LogP) is 11.0. The van der Waals surface area contributed by atoms with E-state index in [1.54, 1.807) is 0 Å². The van der Waals surface area contributed by atoms with Gasteiger partial charge in [-0.3, -0.25) is 0 Å². The fraction of sp³-hybridized carbons (Fsp3) is 0. The average molecular weight is 512 g/mol. The van der Waals surface area contributed by atoms with Crippen molar-refractivity contribution in [1.82, 2.24) is 0 Å². The molecule has 7 aromatic carbocycles. The number of para-hydroxylation sites is 2. The molecule has 0 saturated carbocycles. The van der Waals surface area contributed by atoms with Crippen molar-refractivity contribution in [3.8, 4) is 11.1 Å². The molecule has 0 aliphatic carbocycles. The van der Waals surface area contributed by atoms with E-state index >= 15 is 0 Å². The molecule has 2 heteroatoms. The molecule has 1 heterocycles. The number of anilines is 3. The summed E-state index contributed by atoms with van der Waals surface area (Å²) in [5.74, 6) is 0. The second kappa shape index (κ2) is 9.14. The van der Waals surface area contributed by atoms with E-state index in [0.29, 0.717) is 0 Å². The molecule has 0 radical (unpaired) electrons. The summed E-state index contributed by atoms with van der Waals surface area (Å²) in [6.07, 6.45) is 0. The number of nitrogens with zero attached hydrogens (tertiary/aromatic N) is 1. The lowest BCUT2D eigenvalue weighted by atomic mass is 9.98. The van der Waals surface area contributed by atoms with Gasteiger partial charge in [0.25, 0.3) is 0 Å². The van der Waals surface area contributed by atoms with E-state index in [2.05, 4.69) is 157 Å². The van der Waals surface area contributed by atoms with Crippen molar-refractivity contribution in [2.75, 3.05) is 4.90 Å². The first-order valence-electron chi connectivity index (χ1n) is 13.6. The van der Waals surface area contributed by atoms with Gasteiger partial charge in [0.1, 0.15) is 11.2 Å². The molecule has 8 aromatic rings. The Balaban J connectivity index is 1.49. The quantitative estimate of drug-likeness (QED) is 0.234. The molecule has 0 fully saturated rings. The van der Waals surface area contributed by atoms with Gasteiger partial charge >= 0.3 is 0 Å². The first-order chi connectivity index (χ1) is 19.8. The first-order valence-corrected chi connectivity index (χ1v) is 13.6. The average Bonchev–Trinajstić information content (AvgIpc) is 3.39. The van der Waals surface area contributed by atoms with Gasteiger partial charge in [-0.1, -0.05) is 115 Å². The Kier molecular flexibility index (Phi) is 5.17. The van der Waals surface area contributed by atoms with Crippen molar-refractivity contribution in [3.05, 3.63) is 152 Å². The molecule has 8 rings (SSSR count). The van der Waals surface area contributed by atoms with Crippen LogP contribution in [0.25, 0.3) is 54.6 Å². The van der Waals surface area contributed by atoms with Crippen molar-refractivity contribution < 1.29 is 4.42 Å². The minimum atomic E-state index is 0.909. The van der Waals surface area contributed by atoms with Crippen LogP contribution in [0.1, 0.15) is 0 Å². The van der Waals surface area contributed by atoms with Gasteiger partial charge in [0.05, 0.1) is 11.4 Å². The van der Waals surface area contributed by atoms with Crippen molar-refractivity contribution >= 4 is 60.5 Å². The van der Waals surface area contributed by atoms with Crippen LogP contribution < -0.4 is 4.90 Å². The Morgan fingerprint density at radius 1 is 0.425 bits per heavy atom. The van der Waals surface area contributed by atoms with Crippen LogP contribution in [0.3, 0.4) is 0 Å². The summed E-state index contributed by atoms with van der Waals surface area (Å²) in [6, 6.07) is 53.7. The van der Waals surface area contributed by atoms with Gasteiger partial charge in [-0.15, -0.1) is 0 Å². The third-order valence-corrected chi connectivity index (χ3v) is 7.81. The highest BCUT2D eigenvalue weighted by Crippen LogP contribution is 2.47. The number of hydrogen-bond acceptors (Lipinski definition) is 2. The Bertz CT molecular complexity index is 2160. The number of benzene rings is 7. The molecule has 0 aliphatic heterocycles. The highest BCUT2D eigenvalue weighted by Gasteiger charge is 2.22. The molecule has 0 aliphatic rings. The Labute approximate surface area is 232 Å². The van der Waals surface area contributed by atoms with E-state index in [0.717, 1.165) is 49.8 Å². The predicted molar refractivity (Wildman–Crippen MR) is 169 cm³/mol. The highest BCUT2D eigenvalue weighted by molar-refractivity contribution is 6.21. The van der Waals surface area contributed by atoms with Crippen LogP contribution in [0.5, 0.6) is 0 Å². The second-order valence-corrected chi connectivity index (χ2v) is 10.2. The van der Waals surface area contributed by atoms with E-state index in [-0.39, 0.29) is 0 Å². The molecule has 0 spiro atoms. The van der Waals surface area contributed by atoms with Gasteiger partial charge in [0.15, 0.2) is 0 Å². The van der Waals surface area contributed by atoms with Crippen LogP contribution in [0.15, 0.2) is 156 Å². The minimum absolute atomic E-state index is 0.909. The van der Waals surface area contributed by atoms with Gasteiger partial charge in [-0.25, -0.2) is 0 Å². The van der Waals surface area contributed by atoms with Crippen molar-refractivity contribution in [3.63, 3.8) is 0 Å². The fourth-order valence-corrected chi connectivity index (χ4v) is 5.96. The smallest absolute Gasteiger partial charge is 0.143 e. The lowest BCUT2D eigenvalue weighted by Crippen LogP contribution is -2.11. The Morgan fingerprint density at radius 3 is 1.85 bits per heavy atom. The normalized spacial score (nSPS) is 11.5. The van der Waals surface area contributed by atoms with Crippen LogP contribution in [-0.4, -0.2) is 0 Å². The summed E-state index contributed by atoms with van der Waals surface area (Å²) in [4.78, 5) is 2.39. The zero-order valence-electron chi connectivity index (χ0n) is 21.8. The zero-order chi connectivity index (χ0) is 26.5. The molecule has 188 valence electrons.